The van der Waals surface area contributed by atoms with Gasteiger partial charge in [0.25, 0.3) is 5.91 Å². The van der Waals surface area contributed by atoms with Crippen LogP contribution in [0.15, 0.2) is 29.3 Å². The van der Waals surface area contributed by atoms with Crippen molar-refractivity contribution < 1.29 is 9.53 Å². The molecular formula is C21H31IN4O2. The number of hydrogen-bond donors (Lipinski definition) is 2. The van der Waals surface area contributed by atoms with Crippen LogP contribution in [0, 0.1) is 5.41 Å². The van der Waals surface area contributed by atoms with Gasteiger partial charge in [-0.2, -0.15) is 0 Å². The molecule has 4 rings (SSSR count). The third-order valence-electron chi connectivity index (χ3n) is 5.77. The Labute approximate surface area is 184 Å². The van der Waals surface area contributed by atoms with E-state index in [9.17, 15) is 4.79 Å². The fraction of sp³-hybridized carbons (Fsp3) is 0.619. The lowest BCUT2D eigenvalue weighted by Gasteiger charge is -2.25. The molecule has 3 fully saturated rings. The molecule has 1 aromatic rings. The Balaban J connectivity index is 0.00000225. The molecule has 154 valence electrons. The molecular weight excluding hydrogens is 467 g/mol. The average molecular weight is 498 g/mol. The standard InChI is InChI=1S/C21H30N4O2.HI/c1-2-22-20(25-10-8-21(14-25)9-11-27-15-21)23-13-16-4-3-5-17(12-16)19(26)24-18-6-7-18;/h3-5,12,18H,2,6-11,13-15H2,1H3,(H,22,23)(H,24,26);1H. The van der Waals surface area contributed by atoms with Crippen LogP contribution in [-0.4, -0.2) is 55.7 Å². The number of halogens is 1. The summed E-state index contributed by atoms with van der Waals surface area (Å²) in [6, 6.07) is 8.19. The third-order valence-corrected chi connectivity index (χ3v) is 5.77. The van der Waals surface area contributed by atoms with Crippen molar-refractivity contribution in [3.8, 4) is 0 Å². The molecule has 28 heavy (non-hydrogen) atoms. The molecule has 1 spiro atoms. The highest BCUT2D eigenvalue weighted by Crippen LogP contribution is 2.38. The molecule has 1 aromatic carbocycles. The van der Waals surface area contributed by atoms with Crippen LogP contribution in [0.25, 0.3) is 0 Å². The van der Waals surface area contributed by atoms with E-state index in [4.69, 9.17) is 9.73 Å². The lowest BCUT2D eigenvalue weighted by molar-refractivity contribution is 0.0951. The Morgan fingerprint density at radius 1 is 1.36 bits per heavy atom. The molecule has 2 heterocycles. The van der Waals surface area contributed by atoms with Gasteiger partial charge in [-0.1, -0.05) is 12.1 Å². The number of carbonyl (C=O) groups excluding carboxylic acids is 1. The molecule has 2 saturated heterocycles. The monoisotopic (exact) mass is 498 g/mol. The molecule has 1 atom stereocenters. The summed E-state index contributed by atoms with van der Waals surface area (Å²) in [5.74, 6) is 0.993. The van der Waals surface area contributed by atoms with Crippen LogP contribution in [0.1, 0.15) is 48.5 Å². The predicted molar refractivity (Wildman–Crippen MR) is 121 cm³/mol. The lowest BCUT2D eigenvalue weighted by Crippen LogP contribution is -2.41. The summed E-state index contributed by atoms with van der Waals surface area (Å²) in [5, 5.41) is 6.48. The fourth-order valence-corrected chi connectivity index (χ4v) is 3.99. The molecule has 2 aliphatic heterocycles. The summed E-state index contributed by atoms with van der Waals surface area (Å²) in [7, 11) is 0. The van der Waals surface area contributed by atoms with Crippen LogP contribution >= 0.6 is 24.0 Å². The summed E-state index contributed by atoms with van der Waals surface area (Å²) in [5.41, 5.74) is 2.10. The number of guanidine groups is 1. The topological polar surface area (TPSA) is 66.0 Å². The van der Waals surface area contributed by atoms with Crippen molar-refractivity contribution in [2.75, 3.05) is 32.8 Å². The van der Waals surface area contributed by atoms with Crippen molar-refractivity contribution in [3.05, 3.63) is 35.4 Å². The summed E-state index contributed by atoms with van der Waals surface area (Å²) in [6.07, 6.45) is 4.53. The summed E-state index contributed by atoms with van der Waals surface area (Å²) in [4.78, 5) is 19.5. The van der Waals surface area contributed by atoms with Crippen molar-refractivity contribution in [2.45, 2.75) is 45.2 Å². The van der Waals surface area contributed by atoms with Gasteiger partial charge >= 0.3 is 0 Å². The summed E-state index contributed by atoms with van der Waals surface area (Å²) in [6.45, 7) is 7.33. The minimum atomic E-state index is 0. The summed E-state index contributed by atoms with van der Waals surface area (Å²) >= 11 is 0. The van der Waals surface area contributed by atoms with E-state index in [2.05, 4.69) is 22.5 Å². The van der Waals surface area contributed by atoms with Crippen LogP contribution < -0.4 is 10.6 Å². The molecule has 7 heteroatoms. The van der Waals surface area contributed by atoms with Crippen molar-refractivity contribution >= 4 is 35.8 Å². The Morgan fingerprint density at radius 2 is 2.21 bits per heavy atom. The first-order valence-corrected chi connectivity index (χ1v) is 10.2. The largest absolute Gasteiger partial charge is 0.381 e. The van der Waals surface area contributed by atoms with E-state index in [-0.39, 0.29) is 29.9 Å². The molecule has 0 radical (unpaired) electrons. The van der Waals surface area contributed by atoms with Crippen LogP contribution in [0.2, 0.25) is 0 Å². The first-order chi connectivity index (χ1) is 13.2. The second-order valence-electron chi connectivity index (χ2n) is 8.09. The zero-order chi connectivity index (χ0) is 18.7. The molecule has 3 aliphatic rings. The predicted octanol–water partition coefficient (Wildman–Crippen LogP) is 2.77. The van der Waals surface area contributed by atoms with Gasteiger partial charge in [0.2, 0.25) is 0 Å². The van der Waals surface area contributed by atoms with Crippen molar-refractivity contribution in [1.29, 1.82) is 0 Å². The zero-order valence-corrected chi connectivity index (χ0v) is 18.9. The van der Waals surface area contributed by atoms with E-state index >= 15 is 0 Å². The van der Waals surface area contributed by atoms with E-state index in [0.717, 1.165) is 69.2 Å². The van der Waals surface area contributed by atoms with E-state index in [1.807, 2.05) is 24.3 Å². The van der Waals surface area contributed by atoms with Gasteiger partial charge in [-0.25, -0.2) is 4.99 Å². The maximum atomic E-state index is 12.3. The number of ether oxygens (including phenoxy) is 1. The number of nitrogens with zero attached hydrogens (tertiary/aromatic N) is 2. The van der Waals surface area contributed by atoms with E-state index < -0.39 is 0 Å². The van der Waals surface area contributed by atoms with Crippen molar-refractivity contribution in [3.63, 3.8) is 0 Å². The van der Waals surface area contributed by atoms with E-state index in [0.29, 0.717) is 18.0 Å². The highest BCUT2D eigenvalue weighted by molar-refractivity contribution is 14.0. The molecule has 1 aliphatic carbocycles. The van der Waals surface area contributed by atoms with Gasteiger partial charge in [0.05, 0.1) is 13.2 Å². The van der Waals surface area contributed by atoms with Crippen LogP contribution in [-0.2, 0) is 11.3 Å². The molecule has 1 saturated carbocycles. The Bertz CT molecular complexity index is 714. The van der Waals surface area contributed by atoms with Gasteiger partial charge in [0.1, 0.15) is 0 Å². The van der Waals surface area contributed by atoms with Gasteiger partial charge < -0.3 is 20.3 Å². The number of aliphatic imine (C=N–C) groups is 1. The number of nitrogens with one attached hydrogen (secondary N) is 2. The first kappa shape index (κ1) is 21.4. The molecule has 0 aromatic heterocycles. The van der Waals surface area contributed by atoms with E-state index in [1.54, 1.807) is 0 Å². The number of carbonyl (C=O) groups is 1. The Morgan fingerprint density at radius 3 is 2.93 bits per heavy atom. The molecule has 1 amide bonds. The minimum Gasteiger partial charge on any atom is -0.381 e. The second-order valence-corrected chi connectivity index (χ2v) is 8.09. The smallest absolute Gasteiger partial charge is 0.251 e. The lowest BCUT2D eigenvalue weighted by atomic mass is 9.87. The van der Waals surface area contributed by atoms with Gasteiger partial charge in [-0.05, 0) is 50.3 Å². The average Bonchev–Trinajstić information content (AvgIpc) is 3.22. The highest BCUT2D eigenvalue weighted by Gasteiger charge is 2.42. The maximum Gasteiger partial charge on any atom is 0.251 e. The number of benzene rings is 1. The van der Waals surface area contributed by atoms with Gasteiger partial charge in [-0.15, -0.1) is 24.0 Å². The molecule has 2 N–H and O–H groups in total. The third kappa shape index (κ3) is 5.17. The van der Waals surface area contributed by atoms with Gasteiger partial charge in [-0.3, -0.25) is 4.79 Å². The van der Waals surface area contributed by atoms with Crippen molar-refractivity contribution in [1.82, 2.24) is 15.5 Å². The Kier molecular flexibility index (Phi) is 7.20. The number of rotatable bonds is 5. The van der Waals surface area contributed by atoms with Crippen LogP contribution in [0.5, 0.6) is 0 Å². The van der Waals surface area contributed by atoms with Crippen LogP contribution in [0.3, 0.4) is 0 Å². The molecule has 1 unspecified atom stereocenters. The second kappa shape index (κ2) is 9.43. The van der Waals surface area contributed by atoms with Crippen molar-refractivity contribution in [2.24, 2.45) is 10.4 Å². The highest BCUT2D eigenvalue weighted by atomic mass is 127. The minimum absolute atomic E-state index is 0. The van der Waals surface area contributed by atoms with Gasteiger partial charge in [0.15, 0.2) is 5.96 Å². The summed E-state index contributed by atoms with van der Waals surface area (Å²) < 4.78 is 5.64. The fourth-order valence-electron chi connectivity index (χ4n) is 3.99. The number of hydrogen-bond acceptors (Lipinski definition) is 3. The van der Waals surface area contributed by atoms with Crippen LogP contribution in [0.4, 0.5) is 0 Å². The van der Waals surface area contributed by atoms with E-state index in [1.165, 1.54) is 6.42 Å². The maximum absolute atomic E-state index is 12.3. The molecule has 6 nitrogen and oxygen atoms in total. The van der Waals surface area contributed by atoms with Gasteiger partial charge in [0, 0.05) is 43.3 Å². The Hall–Kier alpha value is -1.35. The number of amides is 1. The normalized spacial score (nSPS) is 24.3. The molecule has 0 bridgehead atoms. The first-order valence-electron chi connectivity index (χ1n) is 10.2. The quantitative estimate of drug-likeness (QED) is 0.373. The SMILES string of the molecule is CCNC(=NCc1cccc(C(=O)NC2CC2)c1)N1CCC2(CCOC2)C1.I. The zero-order valence-electron chi connectivity index (χ0n) is 16.6. The number of likely N-dealkylation sites (tertiary alicyclic amines) is 1.